The molecule has 4 aromatic carbocycles. The molecule has 1 aliphatic rings. The summed E-state index contributed by atoms with van der Waals surface area (Å²) in [5.74, 6) is -0.143. The first-order valence-electron chi connectivity index (χ1n) is 11.8. The Morgan fingerprint density at radius 1 is 1.03 bits per heavy atom. The summed E-state index contributed by atoms with van der Waals surface area (Å²) < 4.78 is 0. The van der Waals surface area contributed by atoms with E-state index in [4.69, 9.17) is 17.0 Å². The quantitative estimate of drug-likeness (QED) is 0.277. The van der Waals surface area contributed by atoms with Gasteiger partial charge in [-0.25, -0.2) is 4.79 Å². The molecule has 37 heavy (non-hydrogen) atoms. The number of fused-ring (bicyclic) bond motifs is 1. The van der Waals surface area contributed by atoms with Crippen molar-refractivity contribution in [2.24, 2.45) is 0 Å². The number of nitrogens with zero attached hydrogens (tertiary/aromatic N) is 1. The molecule has 0 spiro atoms. The number of amides is 3. The van der Waals surface area contributed by atoms with E-state index in [9.17, 15) is 9.59 Å². The Hall–Kier alpha value is -4.36. The number of carbonyl (C=O) groups excluding carboxylic acids is 2. The minimum atomic E-state index is -1.04. The van der Waals surface area contributed by atoms with Crippen LogP contribution in [0.4, 0.5) is 10.5 Å². The summed E-state index contributed by atoms with van der Waals surface area (Å²) in [7, 11) is 1.58. The zero-order chi connectivity index (χ0) is 26.2. The third kappa shape index (κ3) is 4.61. The van der Waals surface area contributed by atoms with Crippen molar-refractivity contribution in [1.29, 1.82) is 5.41 Å². The van der Waals surface area contributed by atoms with Gasteiger partial charge >= 0.3 is 6.03 Å². The maximum Gasteiger partial charge on any atom is 0.319 e. The molecule has 1 unspecified atom stereocenters. The van der Waals surface area contributed by atoms with Crippen molar-refractivity contribution < 1.29 is 9.59 Å². The Kier molecular flexibility index (Phi) is 6.31. The number of anilines is 1. The molecule has 1 aliphatic heterocycles. The van der Waals surface area contributed by atoms with Crippen molar-refractivity contribution in [2.45, 2.75) is 19.0 Å². The number of rotatable bonds is 5. The van der Waals surface area contributed by atoms with Crippen LogP contribution in [0, 0.1) is 5.41 Å². The van der Waals surface area contributed by atoms with E-state index in [-0.39, 0.29) is 24.4 Å². The Bertz CT molecular complexity index is 1550. The summed E-state index contributed by atoms with van der Waals surface area (Å²) in [4.78, 5) is 27.0. The molecule has 0 saturated carbocycles. The van der Waals surface area contributed by atoms with Crippen LogP contribution < -0.4 is 16.0 Å². The Morgan fingerprint density at radius 3 is 2.57 bits per heavy atom. The van der Waals surface area contributed by atoms with Crippen LogP contribution in [-0.2, 0) is 16.9 Å². The summed E-state index contributed by atoms with van der Waals surface area (Å²) in [6, 6.07) is 26.4. The molecular formula is C29H26ClN5O2. The molecule has 5 rings (SSSR count). The number of nitrogens with one attached hydrogen (secondary N) is 4. The van der Waals surface area contributed by atoms with Gasteiger partial charge in [0.2, 0.25) is 0 Å². The summed E-state index contributed by atoms with van der Waals surface area (Å²) in [6.07, 6.45) is 0. The van der Waals surface area contributed by atoms with Gasteiger partial charge in [-0.15, -0.1) is 0 Å². The van der Waals surface area contributed by atoms with Crippen LogP contribution in [0.5, 0.6) is 0 Å². The number of benzene rings is 4. The van der Waals surface area contributed by atoms with Crippen LogP contribution >= 0.6 is 11.6 Å². The summed E-state index contributed by atoms with van der Waals surface area (Å²) in [5.41, 5.74) is 2.99. The first kappa shape index (κ1) is 24.3. The van der Waals surface area contributed by atoms with E-state index in [0.29, 0.717) is 5.02 Å². The average molecular weight is 512 g/mol. The second-order valence-electron chi connectivity index (χ2n) is 9.18. The SMILES string of the molecule is CN1C(=N)NC(C)(c2cccc(-c3cc(Cl)ccc3CNC(=O)Nc3cccc4ccccc34)c2)C1=O. The van der Waals surface area contributed by atoms with Gasteiger partial charge in [0.15, 0.2) is 5.96 Å². The normalized spacial score (nSPS) is 17.1. The second kappa shape index (κ2) is 9.59. The predicted octanol–water partition coefficient (Wildman–Crippen LogP) is 5.69. The number of hydrogen-bond acceptors (Lipinski definition) is 3. The molecule has 4 N–H and O–H groups in total. The van der Waals surface area contributed by atoms with Crippen molar-refractivity contribution in [3.63, 3.8) is 0 Å². The zero-order valence-corrected chi connectivity index (χ0v) is 21.2. The lowest BCUT2D eigenvalue weighted by Crippen LogP contribution is -2.40. The van der Waals surface area contributed by atoms with Gasteiger partial charge in [0.05, 0.1) is 5.69 Å². The van der Waals surface area contributed by atoms with E-state index in [1.807, 2.05) is 78.9 Å². The highest BCUT2D eigenvalue weighted by Crippen LogP contribution is 2.33. The van der Waals surface area contributed by atoms with Gasteiger partial charge < -0.3 is 16.0 Å². The Labute approximate surface area is 219 Å². The molecule has 186 valence electrons. The third-order valence-corrected chi connectivity index (χ3v) is 6.97. The van der Waals surface area contributed by atoms with Gasteiger partial charge in [-0.2, -0.15) is 0 Å². The number of guanidine groups is 1. The van der Waals surface area contributed by atoms with Crippen LogP contribution in [0.15, 0.2) is 84.9 Å². The van der Waals surface area contributed by atoms with E-state index in [0.717, 1.165) is 38.7 Å². The average Bonchev–Trinajstić information content (AvgIpc) is 3.11. The predicted molar refractivity (Wildman–Crippen MR) is 148 cm³/mol. The fourth-order valence-corrected chi connectivity index (χ4v) is 4.82. The molecule has 0 aliphatic carbocycles. The molecule has 1 heterocycles. The number of urea groups is 1. The molecule has 0 bridgehead atoms. The highest BCUT2D eigenvalue weighted by atomic mass is 35.5. The van der Waals surface area contributed by atoms with Gasteiger partial charge in [-0.1, -0.05) is 72.3 Å². The summed E-state index contributed by atoms with van der Waals surface area (Å²) in [6.45, 7) is 2.04. The van der Waals surface area contributed by atoms with Crippen LogP contribution in [0.3, 0.4) is 0 Å². The summed E-state index contributed by atoms with van der Waals surface area (Å²) in [5, 5.41) is 19.5. The largest absolute Gasteiger partial charge is 0.338 e. The van der Waals surface area contributed by atoms with E-state index in [1.54, 1.807) is 20.0 Å². The Balaban J connectivity index is 1.39. The fourth-order valence-electron chi connectivity index (χ4n) is 4.65. The van der Waals surface area contributed by atoms with Crippen LogP contribution in [0.1, 0.15) is 18.1 Å². The van der Waals surface area contributed by atoms with Crippen LogP contribution in [0.2, 0.25) is 5.02 Å². The molecule has 1 atom stereocenters. The van der Waals surface area contributed by atoms with E-state index in [1.165, 1.54) is 4.90 Å². The molecule has 7 nitrogen and oxygen atoms in total. The minimum absolute atomic E-state index is 0.0581. The number of halogens is 1. The molecular weight excluding hydrogens is 486 g/mol. The lowest BCUT2D eigenvalue weighted by atomic mass is 9.88. The zero-order valence-electron chi connectivity index (χ0n) is 20.4. The van der Waals surface area contributed by atoms with Crippen molar-refractivity contribution in [1.82, 2.24) is 15.5 Å². The third-order valence-electron chi connectivity index (χ3n) is 6.74. The van der Waals surface area contributed by atoms with Gasteiger partial charge in [0.25, 0.3) is 5.91 Å². The Morgan fingerprint density at radius 2 is 1.78 bits per heavy atom. The molecule has 1 fully saturated rings. The number of carbonyl (C=O) groups is 2. The topological polar surface area (TPSA) is 97.3 Å². The maximum atomic E-state index is 12.9. The number of hydrogen-bond donors (Lipinski definition) is 4. The fraction of sp³-hybridized carbons (Fsp3) is 0.138. The van der Waals surface area contributed by atoms with Crippen molar-refractivity contribution in [3.05, 3.63) is 101 Å². The molecule has 0 radical (unpaired) electrons. The first-order chi connectivity index (χ1) is 17.8. The van der Waals surface area contributed by atoms with Gasteiger partial charge in [0.1, 0.15) is 5.54 Å². The van der Waals surface area contributed by atoms with Crippen LogP contribution in [-0.4, -0.2) is 29.8 Å². The van der Waals surface area contributed by atoms with Crippen molar-refractivity contribution in [3.8, 4) is 11.1 Å². The highest BCUT2D eigenvalue weighted by Gasteiger charge is 2.45. The molecule has 3 amide bonds. The minimum Gasteiger partial charge on any atom is -0.338 e. The monoisotopic (exact) mass is 511 g/mol. The van der Waals surface area contributed by atoms with Gasteiger partial charge in [-0.3, -0.25) is 15.1 Å². The van der Waals surface area contributed by atoms with Crippen molar-refractivity contribution in [2.75, 3.05) is 12.4 Å². The van der Waals surface area contributed by atoms with E-state index in [2.05, 4.69) is 16.0 Å². The molecule has 4 aromatic rings. The summed E-state index contributed by atoms with van der Waals surface area (Å²) >= 11 is 6.35. The van der Waals surface area contributed by atoms with Gasteiger partial charge in [-0.05, 0) is 58.8 Å². The van der Waals surface area contributed by atoms with E-state index < -0.39 is 5.54 Å². The van der Waals surface area contributed by atoms with E-state index >= 15 is 0 Å². The first-order valence-corrected chi connectivity index (χ1v) is 12.2. The molecule has 8 heteroatoms. The molecule has 1 saturated heterocycles. The second-order valence-corrected chi connectivity index (χ2v) is 9.62. The lowest BCUT2D eigenvalue weighted by Gasteiger charge is -2.23. The van der Waals surface area contributed by atoms with Crippen LogP contribution in [0.25, 0.3) is 21.9 Å². The van der Waals surface area contributed by atoms with Crippen molar-refractivity contribution >= 4 is 46.0 Å². The van der Waals surface area contributed by atoms with Gasteiger partial charge in [0, 0.05) is 24.0 Å². The standard InChI is InChI=1S/C29H26ClN5O2/c1-29(26(36)35(2)27(31)34-29)21-10-5-9-19(15-21)24-16-22(30)14-13-20(24)17-32-28(37)33-25-12-6-8-18-7-3-4-11-23(18)25/h3-16H,17H2,1-2H3,(H2,31,34)(H2,32,33,37). The number of likely N-dealkylation sites (N-methyl/N-ethyl adjacent to an activating group) is 1. The molecule has 0 aromatic heterocycles. The highest BCUT2D eigenvalue weighted by molar-refractivity contribution is 6.30. The smallest absolute Gasteiger partial charge is 0.319 e. The lowest BCUT2D eigenvalue weighted by molar-refractivity contribution is -0.129. The maximum absolute atomic E-state index is 12.9.